The molecule has 0 saturated carbocycles. The largest absolute Gasteiger partial charge is 0.370 e. The number of nitrogens with zero attached hydrogens (tertiary/aromatic N) is 1. The lowest BCUT2D eigenvalue weighted by Gasteiger charge is -2.22. The van der Waals surface area contributed by atoms with Gasteiger partial charge in [-0.2, -0.15) is 0 Å². The number of hydrogen-bond acceptors (Lipinski definition) is 2. The zero-order chi connectivity index (χ0) is 13.8. The molecule has 0 spiro atoms. The highest BCUT2D eigenvalue weighted by molar-refractivity contribution is 9.10. The molecular formula is C15H16Br2N2. The fourth-order valence-corrected chi connectivity index (χ4v) is 2.71. The number of hydrogen-bond donors (Lipinski definition) is 1. The van der Waals surface area contributed by atoms with Crippen molar-refractivity contribution in [1.29, 1.82) is 0 Å². The Balaban J connectivity index is 2.19. The Hall–Kier alpha value is -0.840. The van der Waals surface area contributed by atoms with Gasteiger partial charge in [-0.3, -0.25) is 0 Å². The Morgan fingerprint density at radius 2 is 1.63 bits per heavy atom. The van der Waals surface area contributed by atoms with E-state index in [1.807, 2.05) is 6.07 Å². The van der Waals surface area contributed by atoms with E-state index in [0.29, 0.717) is 6.54 Å². The van der Waals surface area contributed by atoms with Gasteiger partial charge >= 0.3 is 0 Å². The summed E-state index contributed by atoms with van der Waals surface area (Å²) in [6, 6.07) is 14.6. The van der Waals surface area contributed by atoms with Crippen molar-refractivity contribution in [3.8, 4) is 0 Å². The second kappa shape index (κ2) is 6.55. The van der Waals surface area contributed by atoms with Crippen molar-refractivity contribution in [2.24, 2.45) is 5.73 Å². The minimum atomic E-state index is 0.541. The summed E-state index contributed by atoms with van der Waals surface area (Å²) in [6.45, 7) is 1.40. The summed E-state index contributed by atoms with van der Waals surface area (Å²) < 4.78 is 2.17. The van der Waals surface area contributed by atoms with Gasteiger partial charge in [0.15, 0.2) is 0 Å². The lowest BCUT2D eigenvalue weighted by Crippen LogP contribution is -2.18. The normalized spacial score (nSPS) is 10.5. The van der Waals surface area contributed by atoms with Gasteiger partial charge in [0.1, 0.15) is 0 Å². The van der Waals surface area contributed by atoms with Crippen LogP contribution in [0, 0.1) is 0 Å². The number of anilines is 1. The van der Waals surface area contributed by atoms with E-state index in [9.17, 15) is 0 Å². The van der Waals surface area contributed by atoms with Gasteiger partial charge in [-0.25, -0.2) is 0 Å². The summed E-state index contributed by atoms with van der Waals surface area (Å²) in [7, 11) is 2.09. The predicted octanol–water partition coefficient (Wildman–Crippen LogP) is 4.31. The molecule has 100 valence electrons. The summed E-state index contributed by atoms with van der Waals surface area (Å²) in [6.07, 6.45) is 0. The van der Waals surface area contributed by atoms with Gasteiger partial charge in [0.25, 0.3) is 0 Å². The number of benzene rings is 2. The van der Waals surface area contributed by atoms with Crippen molar-refractivity contribution in [1.82, 2.24) is 0 Å². The van der Waals surface area contributed by atoms with Crippen LogP contribution in [0.15, 0.2) is 51.4 Å². The molecular weight excluding hydrogens is 368 g/mol. The SMILES string of the molecule is CN(Cc1ccc(Br)cc1)c1ccc(Br)cc1CN. The van der Waals surface area contributed by atoms with Crippen LogP contribution in [0.25, 0.3) is 0 Å². The molecule has 0 aliphatic carbocycles. The first-order valence-corrected chi connectivity index (χ1v) is 7.63. The summed E-state index contributed by atoms with van der Waals surface area (Å²) in [4.78, 5) is 2.22. The second-order valence-corrected chi connectivity index (χ2v) is 6.29. The minimum Gasteiger partial charge on any atom is -0.370 e. The molecule has 0 atom stereocenters. The number of rotatable bonds is 4. The summed E-state index contributed by atoms with van der Waals surface area (Å²) >= 11 is 6.93. The van der Waals surface area contributed by atoms with Crippen LogP contribution >= 0.6 is 31.9 Å². The Morgan fingerprint density at radius 1 is 1.00 bits per heavy atom. The third-order valence-electron chi connectivity index (χ3n) is 3.01. The van der Waals surface area contributed by atoms with Crippen LogP contribution in [0.2, 0.25) is 0 Å². The molecule has 0 heterocycles. The standard InChI is InChI=1S/C15H16Br2N2/c1-19(10-11-2-4-13(16)5-3-11)15-7-6-14(17)8-12(15)9-18/h2-8H,9-10,18H2,1H3. The lowest BCUT2D eigenvalue weighted by atomic mass is 10.1. The molecule has 0 radical (unpaired) electrons. The van der Waals surface area contributed by atoms with Crippen LogP contribution in [0.1, 0.15) is 11.1 Å². The lowest BCUT2D eigenvalue weighted by molar-refractivity contribution is 0.903. The van der Waals surface area contributed by atoms with Crippen LogP contribution in [-0.2, 0) is 13.1 Å². The molecule has 2 nitrogen and oxygen atoms in total. The Kier molecular flexibility index (Phi) is 5.02. The van der Waals surface area contributed by atoms with E-state index in [2.05, 4.69) is 80.2 Å². The average Bonchev–Trinajstić information content (AvgIpc) is 2.41. The van der Waals surface area contributed by atoms with Crippen LogP contribution in [0.4, 0.5) is 5.69 Å². The molecule has 0 amide bonds. The average molecular weight is 384 g/mol. The Morgan fingerprint density at radius 3 is 2.26 bits per heavy atom. The van der Waals surface area contributed by atoms with E-state index in [0.717, 1.165) is 21.1 Å². The van der Waals surface area contributed by atoms with Gasteiger partial charge in [0.2, 0.25) is 0 Å². The van der Waals surface area contributed by atoms with E-state index in [1.165, 1.54) is 11.3 Å². The first-order chi connectivity index (χ1) is 9.10. The summed E-state index contributed by atoms with van der Waals surface area (Å²) in [5, 5.41) is 0. The van der Waals surface area contributed by atoms with Crippen molar-refractivity contribution < 1.29 is 0 Å². The maximum atomic E-state index is 5.82. The van der Waals surface area contributed by atoms with Gasteiger partial charge in [-0.05, 0) is 41.5 Å². The smallest absolute Gasteiger partial charge is 0.0426 e. The molecule has 0 aliphatic heterocycles. The van der Waals surface area contributed by atoms with Crippen molar-refractivity contribution in [2.75, 3.05) is 11.9 Å². The zero-order valence-electron chi connectivity index (χ0n) is 10.7. The number of halogens is 2. The van der Waals surface area contributed by atoms with E-state index < -0.39 is 0 Å². The van der Waals surface area contributed by atoms with Crippen molar-refractivity contribution in [2.45, 2.75) is 13.1 Å². The summed E-state index contributed by atoms with van der Waals surface area (Å²) in [5.74, 6) is 0. The highest BCUT2D eigenvalue weighted by Gasteiger charge is 2.07. The molecule has 2 aromatic carbocycles. The summed E-state index contributed by atoms with van der Waals surface area (Å²) in [5.41, 5.74) is 9.41. The van der Waals surface area contributed by atoms with Crippen LogP contribution in [0.5, 0.6) is 0 Å². The van der Waals surface area contributed by atoms with E-state index in [-0.39, 0.29) is 0 Å². The van der Waals surface area contributed by atoms with Gasteiger partial charge in [0, 0.05) is 34.8 Å². The van der Waals surface area contributed by atoms with Gasteiger partial charge in [-0.15, -0.1) is 0 Å². The fraction of sp³-hybridized carbons (Fsp3) is 0.200. The molecule has 0 fully saturated rings. The minimum absolute atomic E-state index is 0.541. The molecule has 2 aromatic rings. The van der Waals surface area contributed by atoms with Crippen molar-refractivity contribution in [3.63, 3.8) is 0 Å². The first-order valence-electron chi connectivity index (χ1n) is 6.04. The first kappa shape index (κ1) is 14.6. The van der Waals surface area contributed by atoms with Gasteiger partial charge in [0.05, 0.1) is 0 Å². The van der Waals surface area contributed by atoms with Gasteiger partial charge < -0.3 is 10.6 Å². The van der Waals surface area contributed by atoms with Gasteiger partial charge in [-0.1, -0.05) is 44.0 Å². The van der Waals surface area contributed by atoms with Crippen LogP contribution < -0.4 is 10.6 Å². The van der Waals surface area contributed by atoms with Crippen molar-refractivity contribution in [3.05, 3.63) is 62.5 Å². The van der Waals surface area contributed by atoms with Crippen LogP contribution in [0.3, 0.4) is 0 Å². The Labute approximate surface area is 130 Å². The second-order valence-electron chi connectivity index (χ2n) is 4.46. The molecule has 2 rings (SSSR count). The van der Waals surface area contributed by atoms with E-state index >= 15 is 0 Å². The van der Waals surface area contributed by atoms with Crippen molar-refractivity contribution >= 4 is 37.5 Å². The molecule has 0 unspecified atom stereocenters. The highest BCUT2D eigenvalue weighted by Crippen LogP contribution is 2.25. The maximum Gasteiger partial charge on any atom is 0.0426 e. The van der Waals surface area contributed by atoms with E-state index in [1.54, 1.807) is 0 Å². The molecule has 2 N–H and O–H groups in total. The van der Waals surface area contributed by atoms with Crippen LogP contribution in [-0.4, -0.2) is 7.05 Å². The maximum absolute atomic E-state index is 5.82. The third-order valence-corrected chi connectivity index (χ3v) is 4.03. The zero-order valence-corrected chi connectivity index (χ0v) is 13.9. The third kappa shape index (κ3) is 3.81. The monoisotopic (exact) mass is 382 g/mol. The topological polar surface area (TPSA) is 29.3 Å². The highest BCUT2D eigenvalue weighted by atomic mass is 79.9. The molecule has 4 heteroatoms. The Bertz CT molecular complexity index is 553. The molecule has 0 bridgehead atoms. The quantitative estimate of drug-likeness (QED) is 0.852. The molecule has 0 aliphatic rings. The molecule has 19 heavy (non-hydrogen) atoms. The number of nitrogens with two attached hydrogens (primary N) is 1. The molecule has 0 aromatic heterocycles. The molecule has 0 saturated heterocycles. The fourth-order valence-electron chi connectivity index (χ4n) is 2.04. The van der Waals surface area contributed by atoms with E-state index in [4.69, 9.17) is 5.73 Å². The predicted molar refractivity (Wildman–Crippen MR) is 88.3 cm³/mol.